The van der Waals surface area contributed by atoms with Gasteiger partial charge in [0.15, 0.2) is 0 Å². The molecule has 0 bridgehead atoms. The van der Waals surface area contributed by atoms with Crippen molar-refractivity contribution in [2.24, 2.45) is 0 Å². The first-order valence-corrected chi connectivity index (χ1v) is 7.27. The molecule has 4 heteroatoms. The number of carbonyl (C=O) groups is 1. The Hall–Kier alpha value is -2.00. The van der Waals surface area contributed by atoms with Crippen LogP contribution in [0.2, 0.25) is 5.02 Å². The van der Waals surface area contributed by atoms with Crippen molar-refractivity contribution < 1.29 is 9.90 Å². The zero-order chi connectivity index (χ0) is 15.2. The van der Waals surface area contributed by atoms with Gasteiger partial charge in [-0.15, -0.1) is 0 Å². The molecule has 2 aromatic carbocycles. The standard InChI is InChI=1S/C17H18ClNO2/c1-12(13-5-3-2-4-6-13)9-10-19-17(21)15-11-14(18)7-8-16(15)20/h2-8,11-12,20H,9-10H2,1H3,(H,19,21). The molecule has 110 valence electrons. The Balaban J connectivity index is 1.88. The molecule has 0 fully saturated rings. The minimum atomic E-state index is -0.310. The van der Waals surface area contributed by atoms with Crippen molar-refractivity contribution in [3.63, 3.8) is 0 Å². The third kappa shape index (κ3) is 4.23. The van der Waals surface area contributed by atoms with Crippen molar-refractivity contribution in [1.29, 1.82) is 0 Å². The molecule has 21 heavy (non-hydrogen) atoms. The second-order valence-electron chi connectivity index (χ2n) is 5.02. The molecule has 0 saturated heterocycles. The minimum Gasteiger partial charge on any atom is -0.507 e. The summed E-state index contributed by atoms with van der Waals surface area (Å²) in [5.41, 5.74) is 1.45. The van der Waals surface area contributed by atoms with Gasteiger partial charge >= 0.3 is 0 Å². The van der Waals surface area contributed by atoms with E-state index in [1.54, 1.807) is 6.07 Å². The van der Waals surface area contributed by atoms with Crippen molar-refractivity contribution in [2.45, 2.75) is 19.3 Å². The largest absolute Gasteiger partial charge is 0.507 e. The number of hydrogen-bond donors (Lipinski definition) is 2. The SMILES string of the molecule is CC(CCNC(=O)c1cc(Cl)ccc1O)c1ccccc1. The summed E-state index contributed by atoms with van der Waals surface area (Å²) in [6.07, 6.45) is 0.830. The average Bonchev–Trinajstić information content (AvgIpc) is 2.50. The first-order valence-electron chi connectivity index (χ1n) is 6.89. The lowest BCUT2D eigenvalue weighted by Crippen LogP contribution is -2.25. The summed E-state index contributed by atoms with van der Waals surface area (Å²) in [6, 6.07) is 14.6. The molecule has 2 N–H and O–H groups in total. The third-order valence-corrected chi connectivity index (χ3v) is 3.67. The fraction of sp³-hybridized carbons (Fsp3) is 0.235. The van der Waals surface area contributed by atoms with Gasteiger partial charge < -0.3 is 10.4 Å². The number of hydrogen-bond acceptors (Lipinski definition) is 2. The quantitative estimate of drug-likeness (QED) is 0.878. The number of rotatable bonds is 5. The second-order valence-corrected chi connectivity index (χ2v) is 5.45. The molecule has 0 radical (unpaired) electrons. The molecule has 1 unspecified atom stereocenters. The predicted octanol–water partition coefficient (Wildman–Crippen LogP) is 3.97. The van der Waals surface area contributed by atoms with Crippen molar-refractivity contribution in [1.82, 2.24) is 5.32 Å². The maximum absolute atomic E-state index is 12.0. The van der Waals surface area contributed by atoms with Gasteiger partial charge in [-0.1, -0.05) is 48.9 Å². The molecule has 0 saturated carbocycles. The van der Waals surface area contributed by atoms with Gasteiger partial charge in [-0.3, -0.25) is 4.79 Å². The molecule has 2 rings (SSSR count). The van der Waals surface area contributed by atoms with Gasteiger partial charge in [0.25, 0.3) is 5.91 Å². The highest BCUT2D eigenvalue weighted by Gasteiger charge is 2.12. The Kier molecular flexibility index (Phi) is 5.23. The van der Waals surface area contributed by atoms with E-state index in [1.807, 2.05) is 18.2 Å². The molecular formula is C17H18ClNO2. The summed E-state index contributed by atoms with van der Waals surface area (Å²) in [4.78, 5) is 12.0. The van der Waals surface area contributed by atoms with Crippen LogP contribution in [-0.4, -0.2) is 17.6 Å². The summed E-state index contributed by atoms with van der Waals surface area (Å²) in [5.74, 6) is -0.0114. The Bertz CT molecular complexity index is 613. The highest BCUT2D eigenvalue weighted by Crippen LogP contribution is 2.21. The normalized spacial score (nSPS) is 11.9. The molecule has 0 aliphatic rings. The van der Waals surface area contributed by atoms with Crippen LogP contribution in [0.25, 0.3) is 0 Å². The molecule has 0 heterocycles. The van der Waals surface area contributed by atoms with Crippen LogP contribution in [-0.2, 0) is 0 Å². The van der Waals surface area contributed by atoms with Crippen LogP contribution in [0, 0.1) is 0 Å². The number of benzene rings is 2. The van der Waals surface area contributed by atoms with Gasteiger partial charge in [0.2, 0.25) is 0 Å². The lowest BCUT2D eigenvalue weighted by Gasteiger charge is -2.13. The molecule has 2 aromatic rings. The first-order chi connectivity index (χ1) is 10.1. The predicted molar refractivity (Wildman–Crippen MR) is 84.9 cm³/mol. The highest BCUT2D eigenvalue weighted by molar-refractivity contribution is 6.31. The Morgan fingerprint density at radius 3 is 2.67 bits per heavy atom. The topological polar surface area (TPSA) is 49.3 Å². The summed E-state index contributed by atoms with van der Waals surface area (Å²) in [5, 5.41) is 12.9. The van der Waals surface area contributed by atoms with Gasteiger partial charge in [-0.2, -0.15) is 0 Å². The summed E-state index contributed by atoms with van der Waals surface area (Å²) in [6.45, 7) is 2.67. The van der Waals surface area contributed by atoms with E-state index in [9.17, 15) is 9.90 Å². The van der Waals surface area contributed by atoms with Crippen LogP contribution in [0.4, 0.5) is 0 Å². The van der Waals surface area contributed by atoms with E-state index in [0.29, 0.717) is 17.5 Å². The average molecular weight is 304 g/mol. The van der Waals surface area contributed by atoms with Gasteiger partial charge in [0.05, 0.1) is 5.56 Å². The monoisotopic (exact) mass is 303 g/mol. The van der Waals surface area contributed by atoms with Crippen LogP contribution in [0.3, 0.4) is 0 Å². The molecule has 0 aliphatic carbocycles. The van der Waals surface area contributed by atoms with E-state index in [1.165, 1.54) is 17.7 Å². The number of phenolic OH excluding ortho intramolecular Hbond substituents is 1. The van der Waals surface area contributed by atoms with Gasteiger partial charge in [0, 0.05) is 11.6 Å². The zero-order valence-electron chi connectivity index (χ0n) is 11.8. The van der Waals surface area contributed by atoms with Gasteiger partial charge in [-0.05, 0) is 36.1 Å². The van der Waals surface area contributed by atoms with Gasteiger partial charge in [-0.25, -0.2) is 0 Å². The van der Waals surface area contributed by atoms with E-state index < -0.39 is 0 Å². The lowest BCUT2D eigenvalue weighted by atomic mass is 9.98. The van der Waals surface area contributed by atoms with Crippen LogP contribution in [0.15, 0.2) is 48.5 Å². The molecule has 3 nitrogen and oxygen atoms in total. The molecule has 1 amide bonds. The summed E-state index contributed by atoms with van der Waals surface area (Å²) in [7, 11) is 0. The van der Waals surface area contributed by atoms with Crippen molar-refractivity contribution in [3.05, 3.63) is 64.7 Å². The molecular weight excluding hydrogens is 286 g/mol. The Labute approximate surface area is 129 Å². The molecule has 0 spiro atoms. The van der Waals surface area contributed by atoms with E-state index >= 15 is 0 Å². The van der Waals surface area contributed by atoms with Crippen LogP contribution in [0.5, 0.6) is 5.75 Å². The molecule has 1 atom stereocenters. The number of aromatic hydroxyl groups is 1. The third-order valence-electron chi connectivity index (χ3n) is 3.43. The van der Waals surface area contributed by atoms with Crippen molar-refractivity contribution in [3.8, 4) is 5.75 Å². The summed E-state index contributed by atoms with van der Waals surface area (Å²) >= 11 is 5.83. The smallest absolute Gasteiger partial charge is 0.255 e. The number of halogens is 1. The zero-order valence-corrected chi connectivity index (χ0v) is 12.6. The Morgan fingerprint density at radius 2 is 1.95 bits per heavy atom. The number of nitrogens with one attached hydrogen (secondary N) is 1. The number of carbonyl (C=O) groups excluding carboxylic acids is 1. The highest BCUT2D eigenvalue weighted by atomic mass is 35.5. The fourth-order valence-electron chi connectivity index (χ4n) is 2.14. The lowest BCUT2D eigenvalue weighted by molar-refractivity contribution is 0.0950. The van der Waals surface area contributed by atoms with Crippen LogP contribution in [0.1, 0.15) is 35.2 Å². The van der Waals surface area contributed by atoms with E-state index in [4.69, 9.17) is 11.6 Å². The second kappa shape index (κ2) is 7.14. The van der Waals surface area contributed by atoms with Gasteiger partial charge in [0.1, 0.15) is 5.75 Å². The molecule has 0 aromatic heterocycles. The maximum Gasteiger partial charge on any atom is 0.255 e. The summed E-state index contributed by atoms with van der Waals surface area (Å²) < 4.78 is 0. The number of amides is 1. The minimum absolute atomic E-state index is 0.0620. The Morgan fingerprint density at radius 1 is 1.24 bits per heavy atom. The number of phenols is 1. The van der Waals surface area contributed by atoms with Crippen LogP contribution >= 0.6 is 11.6 Å². The van der Waals surface area contributed by atoms with Crippen LogP contribution < -0.4 is 5.32 Å². The van der Waals surface area contributed by atoms with E-state index in [2.05, 4.69) is 24.4 Å². The van der Waals surface area contributed by atoms with Crippen molar-refractivity contribution in [2.75, 3.05) is 6.54 Å². The maximum atomic E-state index is 12.0. The molecule has 0 aliphatic heterocycles. The van der Waals surface area contributed by atoms with Crippen molar-refractivity contribution >= 4 is 17.5 Å². The van der Waals surface area contributed by atoms with E-state index in [0.717, 1.165) is 6.42 Å². The van der Waals surface area contributed by atoms with E-state index in [-0.39, 0.29) is 17.2 Å². The first kappa shape index (κ1) is 15.4. The fourth-order valence-corrected chi connectivity index (χ4v) is 2.31.